The van der Waals surface area contributed by atoms with Gasteiger partial charge in [-0.15, -0.1) is 0 Å². The summed E-state index contributed by atoms with van der Waals surface area (Å²) in [6, 6.07) is 0. The van der Waals surface area contributed by atoms with Gasteiger partial charge < -0.3 is 15.2 Å². The number of ether oxygens (including phenoxy) is 1. The van der Waals surface area contributed by atoms with Gasteiger partial charge in [-0.25, -0.2) is 0 Å². The van der Waals surface area contributed by atoms with Gasteiger partial charge in [-0.3, -0.25) is 0 Å². The Morgan fingerprint density at radius 2 is 2.36 bits per heavy atom. The Balaban J connectivity index is 3.83. The van der Waals surface area contributed by atoms with E-state index in [-0.39, 0.29) is 6.61 Å². The number of methoxy groups -OCH3 is 1. The Hall–Kier alpha value is -0.800. The highest BCUT2D eigenvalue weighted by Gasteiger charge is 1.86. The molecule has 0 aromatic heterocycles. The Kier molecular flexibility index (Phi) is 6.78. The SMILES string of the molecule is CN/C=C\C(=C/COC)CO. The van der Waals surface area contributed by atoms with Crippen molar-refractivity contribution in [2.24, 2.45) is 0 Å². The van der Waals surface area contributed by atoms with Gasteiger partial charge in [0.25, 0.3) is 0 Å². The lowest BCUT2D eigenvalue weighted by molar-refractivity contribution is 0.232. The Labute approximate surface area is 67.4 Å². The Bertz CT molecular complexity index is 141. The minimum atomic E-state index is 0.0432. The number of hydrogen-bond acceptors (Lipinski definition) is 3. The summed E-state index contributed by atoms with van der Waals surface area (Å²) in [4.78, 5) is 0. The van der Waals surface area contributed by atoms with Crippen LogP contribution in [0.2, 0.25) is 0 Å². The largest absolute Gasteiger partial charge is 0.394 e. The third-order valence-corrected chi connectivity index (χ3v) is 1.16. The first-order valence-corrected chi connectivity index (χ1v) is 3.47. The van der Waals surface area contributed by atoms with Gasteiger partial charge in [0.05, 0.1) is 13.2 Å². The summed E-state index contributed by atoms with van der Waals surface area (Å²) >= 11 is 0. The molecule has 0 radical (unpaired) electrons. The maximum absolute atomic E-state index is 8.78. The van der Waals surface area contributed by atoms with Crippen molar-refractivity contribution >= 4 is 0 Å². The highest BCUT2D eigenvalue weighted by atomic mass is 16.5. The average molecular weight is 157 g/mol. The number of rotatable bonds is 5. The fourth-order valence-electron chi connectivity index (χ4n) is 0.566. The second-order valence-corrected chi connectivity index (χ2v) is 2.01. The van der Waals surface area contributed by atoms with Crippen LogP contribution in [0.5, 0.6) is 0 Å². The third kappa shape index (κ3) is 5.63. The van der Waals surface area contributed by atoms with Gasteiger partial charge in [-0.2, -0.15) is 0 Å². The quantitative estimate of drug-likeness (QED) is 0.563. The monoisotopic (exact) mass is 157 g/mol. The van der Waals surface area contributed by atoms with Gasteiger partial charge in [0, 0.05) is 14.2 Å². The minimum absolute atomic E-state index is 0.0432. The smallest absolute Gasteiger partial charge is 0.0680 e. The van der Waals surface area contributed by atoms with Gasteiger partial charge in [0.2, 0.25) is 0 Å². The molecular formula is C8H15NO2. The molecule has 0 bridgehead atoms. The number of nitrogens with one attached hydrogen (secondary N) is 1. The summed E-state index contributed by atoms with van der Waals surface area (Å²) in [6.45, 7) is 0.575. The van der Waals surface area contributed by atoms with E-state index in [1.807, 2.05) is 13.1 Å². The molecule has 0 aromatic carbocycles. The van der Waals surface area contributed by atoms with Crippen molar-refractivity contribution in [1.29, 1.82) is 0 Å². The summed E-state index contributed by atoms with van der Waals surface area (Å²) in [6.07, 6.45) is 5.39. The van der Waals surface area contributed by atoms with Gasteiger partial charge in [-0.1, -0.05) is 6.08 Å². The van der Waals surface area contributed by atoms with Crippen LogP contribution in [0.25, 0.3) is 0 Å². The first-order chi connectivity index (χ1) is 5.35. The molecule has 0 spiro atoms. The van der Waals surface area contributed by atoms with Gasteiger partial charge in [-0.05, 0) is 17.8 Å². The van der Waals surface area contributed by atoms with Crippen molar-refractivity contribution < 1.29 is 9.84 Å². The molecule has 64 valence electrons. The van der Waals surface area contributed by atoms with Crippen molar-refractivity contribution in [2.45, 2.75) is 0 Å². The predicted octanol–water partition coefficient (Wildman–Crippen LogP) is 0.285. The van der Waals surface area contributed by atoms with Crippen LogP contribution < -0.4 is 5.32 Å². The summed E-state index contributed by atoms with van der Waals surface area (Å²) < 4.78 is 4.81. The van der Waals surface area contributed by atoms with Crippen LogP contribution in [-0.4, -0.2) is 32.5 Å². The zero-order chi connectivity index (χ0) is 8.53. The molecule has 0 heterocycles. The van der Waals surface area contributed by atoms with E-state index in [1.54, 1.807) is 19.4 Å². The van der Waals surface area contributed by atoms with E-state index in [0.29, 0.717) is 6.61 Å². The lowest BCUT2D eigenvalue weighted by atomic mass is 10.2. The number of aliphatic hydroxyl groups is 1. The molecule has 2 N–H and O–H groups in total. The first kappa shape index (κ1) is 10.2. The molecule has 0 saturated carbocycles. The predicted molar refractivity (Wildman–Crippen MR) is 45.2 cm³/mol. The van der Waals surface area contributed by atoms with Crippen LogP contribution in [0.4, 0.5) is 0 Å². The first-order valence-electron chi connectivity index (χ1n) is 3.47. The van der Waals surface area contributed by atoms with E-state index in [0.717, 1.165) is 5.57 Å². The van der Waals surface area contributed by atoms with Gasteiger partial charge in [0.1, 0.15) is 0 Å². The van der Waals surface area contributed by atoms with E-state index in [2.05, 4.69) is 5.32 Å². The molecule has 0 aromatic rings. The maximum Gasteiger partial charge on any atom is 0.0680 e. The molecule has 0 fully saturated rings. The molecule has 11 heavy (non-hydrogen) atoms. The summed E-state index contributed by atoms with van der Waals surface area (Å²) in [5.74, 6) is 0. The van der Waals surface area contributed by atoms with Crippen molar-refractivity contribution in [3.05, 3.63) is 23.9 Å². The molecule has 0 aliphatic rings. The van der Waals surface area contributed by atoms with Crippen LogP contribution in [0.1, 0.15) is 0 Å². The van der Waals surface area contributed by atoms with Crippen molar-refractivity contribution in [3.8, 4) is 0 Å². The van der Waals surface area contributed by atoms with E-state index in [9.17, 15) is 0 Å². The summed E-state index contributed by atoms with van der Waals surface area (Å²) in [5, 5.41) is 11.6. The van der Waals surface area contributed by atoms with E-state index < -0.39 is 0 Å². The van der Waals surface area contributed by atoms with E-state index >= 15 is 0 Å². The third-order valence-electron chi connectivity index (χ3n) is 1.16. The van der Waals surface area contributed by atoms with Crippen LogP contribution in [-0.2, 0) is 4.74 Å². The number of hydrogen-bond donors (Lipinski definition) is 2. The van der Waals surface area contributed by atoms with Crippen molar-refractivity contribution in [2.75, 3.05) is 27.4 Å². The van der Waals surface area contributed by atoms with E-state index in [1.165, 1.54) is 0 Å². The minimum Gasteiger partial charge on any atom is -0.394 e. The average Bonchev–Trinajstić information content (AvgIpc) is 2.05. The van der Waals surface area contributed by atoms with Crippen LogP contribution in [0.3, 0.4) is 0 Å². The Morgan fingerprint density at radius 3 is 2.82 bits per heavy atom. The normalized spacial score (nSPS) is 12.5. The maximum atomic E-state index is 8.78. The Morgan fingerprint density at radius 1 is 1.64 bits per heavy atom. The van der Waals surface area contributed by atoms with Crippen LogP contribution in [0, 0.1) is 0 Å². The van der Waals surface area contributed by atoms with Crippen molar-refractivity contribution in [1.82, 2.24) is 5.32 Å². The molecule has 0 aliphatic carbocycles. The van der Waals surface area contributed by atoms with Gasteiger partial charge in [0.15, 0.2) is 0 Å². The molecule has 0 atom stereocenters. The summed E-state index contributed by atoms with van der Waals surface area (Å²) in [7, 11) is 3.43. The zero-order valence-corrected chi connectivity index (χ0v) is 7.00. The second kappa shape index (κ2) is 7.31. The topological polar surface area (TPSA) is 41.5 Å². The zero-order valence-electron chi connectivity index (χ0n) is 7.00. The van der Waals surface area contributed by atoms with E-state index in [4.69, 9.17) is 9.84 Å². The second-order valence-electron chi connectivity index (χ2n) is 2.01. The highest BCUT2D eigenvalue weighted by molar-refractivity contribution is 5.18. The van der Waals surface area contributed by atoms with Crippen LogP contribution in [0.15, 0.2) is 23.9 Å². The number of aliphatic hydroxyl groups excluding tert-OH is 1. The standard InChI is InChI=1S/C8H15NO2/c1-9-5-3-8(7-10)4-6-11-2/h3-5,9-10H,6-7H2,1-2H3/b5-3-,8-4+. The summed E-state index contributed by atoms with van der Waals surface area (Å²) in [5.41, 5.74) is 0.848. The lowest BCUT2D eigenvalue weighted by Gasteiger charge is -1.96. The fraction of sp³-hybridized carbons (Fsp3) is 0.500. The molecule has 0 unspecified atom stereocenters. The van der Waals surface area contributed by atoms with Crippen molar-refractivity contribution in [3.63, 3.8) is 0 Å². The lowest BCUT2D eigenvalue weighted by Crippen LogP contribution is -1.95. The molecule has 3 heteroatoms. The molecule has 3 nitrogen and oxygen atoms in total. The highest BCUT2D eigenvalue weighted by Crippen LogP contribution is 1.93. The molecular weight excluding hydrogens is 142 g/mol. The fourth-order valence-corrected chi connectivity index (χ4v) is 0.566. The molecule has 0 amide bonds. The van der Waals surface area contributed by atoms with Gasteiger partial charge >= 0.3 is 0 Å². The molecule has 0 saturated heterocycles. The molecule has 0 rings (SSSR count). The van der Waals surface area contributed by atoms with Crippen LogP contribution >= 0.6 is 0 Å². The molecule has 0 aliphatic heterocycles.